The van der Waals surface area contributed by atoms with Crippen LogP contribution >= 0.6 is 15.9 Å². The summed E-state index contributed by atoms with van der Waals surface area (Å²) in [7, 11) is 0. The fraction of sp³-hybridized carbons (Fsp3) is 0.214. The van der Waals surface area contributed by atoms with E-state index in [0.717, 1.165) is 16.7 Å². The van der Waals surface area contributed by atoms with Crippen LogP contribution in [0.4, 0.5) is 11.4 Å². The molecule has 2 nitrogen and oxygen atoms in total. The number of anilines is 2. The predicted octanol–water partition coefficient (Wildman–Crippen LogP) is 3.93. The average Bonchev–Trinajstić information content (AvgIpc) is 2.38. The fourth-order valence-corrected chi connectivity index (χ4v) is 2.70. The lowest BCUT2D eigenvalue weighted by atomic mass is 10.0. The Morgan fingerprint density at radius 2 is 2.06 bits per heavy atom. The largest absolute Gasteiger partial charge is 0.340 e. The third-order valence-corrected chi connectivity index (χ3v) is 3.55. The molecule has 0 fully saturated rings. The number of pyridine rings is 1. The topological polar surface area (TPSA) is 16.1 Å². The fourth-order valence-electron chi connectivity index (χ4n) is 2.35. The second-order valence-corrected chi connectivity index (χ2v) is 5.16. The van der Waals surface area contributed by atoms with Gasteiger partial charge in [0, 0.05) is 22.9 Å². The highest BCUT2D eigenvalue weighted by molar-refractivity contribution is 9.10. The van der Waals surface area contributed by atoms with Crippen LogP contribution in [0.2, 0.25) is 0 Å². The zero-order valence-corrected chi connectivity index (χ0v) is 11.0. The molecule has 0 aliphatic carbocycles. The highest BCUT2D eigenvalue weighted by Gasteiger charge is 2.17. The van der Waals surface area contributed by atoms with E-state index in [2.05, 4.69) is 56.1 Å². The minimum absolute atomic E-state index is 1.03. The van der Waals surface area contributed by atoms with Crippen LogP contribution in [-0.4, -0.2) is 11.5 Å². The van der Waals surface area contributed by atoms with E-state index in [1.165, 1.54) is 24.1 Å². The number of nitrogens with zero attached hydrogens (tertiary/aromatic N) is 2. The number of hydrogen-bond acceptors (Lipinski definition) is 2. The van der Waals surface area contributed by atoms with Crippen molar-refractivity contribution in [1.29, 1.82) is 0 Å². The van der Waals surface area contributed by atoms with Crippen LogP contribution in [0.1, 0.15) is 12.0 Å². The Kier molecular flexibility index (Phi) is 2.85. The number of benzene rings is 1. The molecule has 0 atom stereocenters. The van der Waals surface area contributed by atoms with E-state index in [9.17, 15) is 0 Å². The van der Waals surface area contributed by atoms with Gasteiger partial charge >= 0.3 is 0 Å². The third-order valence-electron chi connectivity index (χ3n) is 3.11. The number of aryl methyl sites for hydroxylation is 1. The van der Waals surface area contributed by atoms with Crippen molar-refractivity contribution in [3.05, 3.63) is 52.8 Å². The summed E-state index contributed by atoms with van der Waals surface area (Å²) in [6.45, 7) is 1.06. The van der Waals surface area contributed by atoms with Crippen LogP contribution in [0.25, 0.3) is 0 Å². The second-order valence-electron chi connectivity index (χ2n) is 4.25. The molecule has 0 saturated heterocycles. The number of hydrogen-bond donors (Lipinski definition) is 0. The molecule has 17 heavy (non-hydrogen) atoms. The normalized spacial score (nSPS) is 14.5. The zero-order valence-electron chi connectivity index (χ0n) is 9.44. The lowest BCUT2D eigenvalue weighted by Crippen LogP contribution is -2.24. The Morgan fingerprint density at radius 3 is 2.94 bits per heavy atom. The van der Waals surface area contributed by atoms with Crippen molar-refractivity contribution >= 4 is 27.3 Å². The van der Waals surface area contributed by atoms with Gasteiger partial charge in [0.15, 0.2) is 0 Å². The zero-order chi connectivity index (χ0) is 11.7. The van der Waals surface area contributed by atoms with E-state index in [1.807, 2.05) is 12.4 Å². The minimum Gasteiger partial charge on any atom is -0.340 e. The van der Waals surface area contributed by atoms with Gasteiger partial charge in [-0.3, -0.25) is 4.98 Å². The van der Waals surface area contributed by atoms with Gasteiger partial charge in [0.05, 0.1) is 11.9 Å². The quantitative estimate of drug-likeness (QED) is 0.790. The lowest BCUT2D eigenvalue weighted by Gasteiger charge is -2.31. The molecule has 1 aliphatic heterocycles. The average molecular weight is 289 g/mol. The van der Waals surface area contributed by atoms with Gasteiger partial charge in [-0.25, -0.2) is 0 Å². The number of para-hydroxylation sites is 1. The van der Waals surface area contributed by atoms with Crippen LogP contribution in [0.5, 0.6) is 0 Å². The maximum Gasteiger partial charge on any atom is 0.0608 e. The van der Waals surface area contributed by atoms with Crippen LogP contribution in [0.3, 0.4) is 0 Å². The summed E-state index contributed by atoms with van der Waals surface area (Å²) in [5, 5.41) is 0. The first-order valence-electron chi connectivity index (χ1n) is 5.80. The van der Waals surface area contributed by atoms with Crippen molar-refractivity contribution in [2.45, 2.75) is 12.8 Å². The van der Waals surface area contributed by atoms with Crippen molar-refractivity contribution < 1.29 is 0 Å². The van der Waals surface area contributed by atoms with Crippen molar-refractivity contribution in [3.63, 3.8) is 0 Å². The molecule has 3 heteroatoms. The second kappa shape index (κ2) is 4.49. The predicted molar refractivity (Wildman–Crippen MR) is 73.7 cm³/mol. The van der Waals surface area contributed by atoms with Gasteiger partial charge in [0.25, 0.3) is 0 Å². The number of halogens is 1. The smallest absolute Gasteiger partial charge is 0.0608 e. The van der Waals surface area contributed by atoms with E-state index < -0.39 is 0 Å². The Balaban J connectivity index is 2.06. The molecule has 0 unspecified atom stereocenters. The molecule has 2 heterocycles. The molecule has 1 aromatic heterocycles. The molecule has 1 aliphatic rings. The van der Waals surface area contributed by atoms with Gasteiger partial charge < -0.3 is 4.90 Å². The highest BCUT2D eigenvalue weighted by Crippen LogP contribution is 2.33. The van der Waals surface area contributed by atoms with Crippen molar-refractivity contribution in [3.8, 4) is 0 Å². The Bertz CT molecular complexity index is 539. The van der Waals surface area contributed by atoms with E-state index in [1.54, 1.807) is 0 Å². The summed E-state index contributed by atoms with van der Waals surface area (Å²) in [6.07, 6.45) is 6.11. The van der Waals surface area contributed by atoms with Crippen LogP contribution in [-0.2, 0) is 6.42 Å². The van der Waals surface area contributed by atoms with Gasteiger partial charge in [-0.15, -0.1) is 0 Å². The van der Waals surface area contributed by atoms with Gasteiger partial charge in [0.2, 0.25) is 0 Å². The maximum atomic E-state index is 4.24. The van der Waals surface area contributed by atoms with E-state index in [0.29, 0.717) is 0 Å². The number of fused-ring (bicyclic) bond motifs is 1. The molecule has 0 amide bonds. The molecule has 0 spiro atoms. The van der Waals surface area contributed by atoms with E-state index >= 15 is 0 Å². The molecule has 86 valence electrons. The minimum atomic E-state index is 1.03. The molecule has 1 aromatic carbocycles. The first-order chi connectivity index (χ1) is 8.34. The van der Waals surface area contributed by atoms with Gasteiger partial charge in [0.1, 0.15) is 0 Å². The first-order valence-corrected chi connectivity index (χ1v) is 6.60. The van der Waals surface area contributed by atoms with E-state index in [4.69, 9.17) is 0 Å². The van der Waals surface area contributed by atoms with Crippen molar-refractivity contribution in [1.82, 2.24) is 4.98 Å². The van der Waals surface area contributed by atoms with E-state index in [-0.39, 0.29) is 0 Å². The molecular weight excluding hydrogens is 276 g/mol. The van der Waals surface area contributed by atoms with Gasteiger partial charge in [-0.1, -0.05) is 18.2 Å². The van der Waals surface area contributed by atoms with Crippen LogP contribution in [0.15, 0.2) is 47.2 Å². The van der Waals surface area contributed by atoms with Gasteiger partial charge in [-0.2, -0.15) is 0 Å². The molecular formula is C14H13BrN2. The summed E-state index contributed by atoms with van der Waals surface area (Å²) in [6, 6.07) is 10.7. The summed E-state index contributed by atoms with van der Waals surface area (Å²) >= 11 is 3.48. The number of aromatic nitrogens is 1. The summed E-state index contributed by atoms with van der Waals surface area (Å²) < 4.78 is 1.03. The lowest BCUT2D eigenvalue weighted by molar-refractivity contribution is 0.765. The highest BCUT2D eigenvalue weighted by atomic mass is 79.9. The van der Waals surface area contributed by atoms with Crippen molar-refractivity contribution in [2.24, 2.45) is 0 Å². The molecule has 2 aromatic rings. The monoisotopic (exact) mass is 288 g/mol. The van der Waals surface area contributed by atoms with Crippen LogP contribution in [0, 0.1) is 0 Å². The maximum absolute atomic E-state index is 4.24. The number of rotatable bonds is 1. The summed E-state index contributed by atoms with van der Waals surface area (Å²) in [5.74, 6) is 0. The summed E-state index contributed by atoms with van der Waals surface area (Å²) in [5.41, 5.74) is 3.91. The summed E-state index contributed by atoms with van der Waals surface area (Å²) in [4.78, 5) is 6.59. The molecule has 0 saturated carbocycles. The Morgan fingerprint density at radius 1 is 1.18 bits per heavy atom. The SMILES string of the molecule is Brc1cncc(N2CCCc3ccccc32)c1. The first kappa shape index (κ1) is 10.8. The molecule has 0 N–H and O–H groups in total. The van der Waals surface area contributed by atoms with Crippen LogP contribution < -0.4 is 4.90 Å². The standard InChI is InChI=1S/C14H13BrN2/c15-12-8-13(10-16-9-12)17-7-3-5-11-4-1-2-6-14(11)17/h1-2,4,6,8-10H,3,5,7H2. The van der Waals surface area contributed by atoms with Gasteiger partial charge in [-0.05, 0) is 46.5 Å². The Hall–Kier alpha value is -1.35. The Labute approximate surface area is 109 Å². The third kappa shape index (κ3) is 2.07. The molecule has 3 rings (SSSR count). The molecule has 0 radical (unpaired) electrons. The van der Waals surface area contributed by atoms with Crippen molar-refractivity contribution in [2.75, 3.05) is 11.4 Å². The molecule has 0 bridgehead atoms.